The summed E-state index contributed by atoms with van der Waals surface area (Å²) >= 11 is 7.68. The quantitative estimate of drug-likeness (QED) is 0.889. The van der Waals surface area contributed by atoms with Crippen LogP contribution in [0.25, 0.3) is 0 Å². The molecule has 0 atom stereocenters. The second-order valence-corrected chi connectivity index (χ2v) is 5.72. The van der Waals surface area contributed by atoms with E-state index in [1.807, 2.05) is 0 Å². The Labute approximate surface area is 106 Å². The van der Waals surface area contributed by atoms with Gasteiger partial charge in [-0.05, 0) is 50.1 Å². The van der Waals surface area contributed by atoms with Gasteiger partial charge in [-0.15, -0.1) is 10.2 Å². The number of hydrogen-bond donors (Lipinski definition) is 1. The zero-order chi connectivity index (χ0) is 10.8. The maximum atomic E-state index is 12.9. The first-order valence-electron chi connectivity index (χ1n) is 3.86. The highest BCUT2D eigenvalue weighted by Crippen LogP contribution is 2.26. The monoisotopic (exact) mass is 351 g/mol. The summed E-state index contributed by atoms with van der Waals surface area (Å²) in [5.41, 5.74) is 0.756. The van der Waals surface area contributed by atoms with Crippen molar-refractivity contribution in [3.63, 3.8) is 0 Å². The first kappa shape index (κ1) is 11.0. The molecule has 0 saturated carbocycles. The van der Waals surface area contributed by atoms with Crippen molar-refractivity contribution in [1.29, 1.82) is 0 Å². The molecule has 0 radical (unpaired) electrons. The normalized spacial score (nSPS) is 10.3. The fourth-order valence-electron chi connectivity index (χ4n) is 0.953. The molecule has 0 spiro atoms. The molecule has 0 saturated heterocycles. The molecule has 15 heavy (non-hydrogen) atoms. The van der Waals surface area contributed by atoms with Gasteiger partial charge in [-0.3, -0.25) is 0 Å². The summed E-state index contributed by atoms with van der Waals surface area (Å²) in [6.07, 6.45) is 0. The van der Waals surface area contributed by atoms with Gasteiger partial charge in [0.05, 0.1) is 4.47 Å². The molecule has 0 fully saturated rings. The van der Waals surface area contributed by atoms with Crippen molar-refractivity contribution < 1.29 is 4.39 Å². The van der Waals surface area contributed by atoms with E-state index in [9.17, 15) is 4.39 Å². The van der Waals surface area contributed by atoms with Crippen LogP contribution >= 0.6 is 43.2 Å². The molecule has 2 rings (SSSR count). The summed E-state index contributed by atoms with van der Waals surface area (Å²) in [5, 5.41) is 11.3. The van der Waals surface area contributed by atoms with Crippen molar-refractivity contribution in [1.82, 2.24) is 10.2 Å². The third-order valence-electron chi connectivity index (χ3n) is 1.57. The molecule has 1 heterocycles. The fourth-order valence-corrected chi connectivity index (χ4v) is 2.36. The molecule has 0 aliphatic heterocycles. The van der Waals surface area contributed by atoms with E-state index in [1.165, 1.54) is 17.4 Å². The molecule has 0 amide bonds. The van der Waals surface area contributed by atoms with Crippen LogP contribution in [0.15, 0.2) is 26.6 Å². The van der Waals surface area contributed by atoms with Crippen molar-refractivity contribution in [2.45, 2.75) is 0 Å². The van der Waals surface area contributed by atoms with Gasteiger partial charge in [0.2, 0.25) is 5.13 Å². The Kier molecular flexibility index (Phi) is 3.32. The van der Waals surface area contributed by atoms with Gasteiger partial charge in [0.15, 0.2) is 3.92 Å². The van der Waals surface area contributed by atoms with Gasteiger partial charge in [-0.1, -0.05) is 11.3 Å². The molecule has 0 unspecified atom stereocenters. The first-order chi connectivity index (χ1) is 7.15. The Morgan fingerprint density at radius 2 is 2.07 bits per heavy atom. The second kappa shape index (κ2) is 4.54. The van der Waals surface area contributed by atoms with Gasteiger partial charge in [0.1, 0.15) is 5.82 Å². The van der Waals surface area contributed by atoms with Crippen LogP contribution in [0.4, 0.5) is 15.2 Å². The van der Waals surface area contributed by atoms with Gasteiger partial charge >= 0.3 is 0 Å². The minimum absolute atomic E-state index is 0.293. The average molecular weight is 353 g/mol. The highest BCUT2D eigenvalue weighted by Gasteiger charge is 2.04. The largest absolute Gasteiger partial charge is 0.330 e. The van der Waals surface area contributed by atoms with E-state index in [4.69, 9.17) is 0 Å². The van der Waals surface area contributed by atoms with Crippen molar-refractivity contribution in [2.75, 3.05) is 5.32 Å². The van der Waals surface area contributed by atoms with Crippen molar-refractivity contribution >= 4 is 54.0 Å². The molecule has 2 aromatic rings. The number of hydrogen-bond acceptors (Lipinski definition) is 4. The highest BCUT2D eigenvalue weighted by molar-refractivity contribution is 9.11. The lowest BCUT2D eigenvalue weighted by Gasteiger charge is -2.02. The summed E-state index contributed by atoms with van der Waals surface area (Å²) in [6, 6.07) is 4.66. The number of rotatable bonds is 2. The smallest absolute Gasteiger partial charge is 0.210 e. The third-order valence-corrected chi connectivity index (χ3v) is 3.45. The number of anilines is 2. The third kappa shape index (κ3) is 2.73. The molecular weight excluding hydrogens is 349 g/mol. The van der Waals surface area contributed by atoms with E-state index in [-0.39, 0.29) is 5.82 Å². The number of nitrogens with zero attached hydrogens (tertiary/aromatic N) is 2. The van der Waals surface area contributed by atoms with E-state index in [1.54, 1.807) is 12.1 Å². The summed E-state index contributed by atoms with van der Waals surface area (Å²) < 4.78 is 14.0. The zero-order valence-corrected chi connectivity index (χ0v) is 11.2. The van der Waals surface area contributed by atoms with Crippen molar-refractivity contribution in [2.24, 2.45) is 0 Å². The number of benzene rings is 1. The molecule has 0 aliphatic carbocycles. The van der Waals surface area contributed by atoms with E-state index in [0.717, 1.165) is 5.69 Å². The molecule has 0 aliphatic rings. The molecule has 78 valence electrons. The number of halogens is 3. The van der Waals surface area contributed by atoms with Gasteiger partial charge in [0.25, 0.3) is 0 Å². The van der Waals surface area contributed by atoms with Crippen LogP contribution in [0, 0.1) is 5.82 Å². The topological polar surface area (TPSA) is 37.8 Å². The molecule has 3 nitrogen and oxygen atoms in total. The van der Waals surface area contributed by atoms with Crippen LogP contribution in [0.2, 0.25) is 0 Å². The number of nitrogens with one attached hydrogen (secondary N) is 1. The lowest BCUT2D eigenvalue weighted by Crippen LogP contribution is -1.90. The standard InChI is InChI=1S/C8H4Br2FN3S/c9-5-3-4(1-2-6(5)11)12-8-14-13-7(10)15-8/h1-3H,(H,12,14). The Balaban J connectivity index is 2.21. The van der Waals surface area contributed by atoms with Gasteiger partial charge in [-0.2, -0.15) is 0 Å². The molecular formula is C8H4Br2FN3S. The van der Waals surface area contributed by atoms with E-state index in [2.05, 4.69) is 47.4 Å². The Morgan fingerprint density at radius 1 is 1.27 bits per heavy atom. The minimum atomic E-state index is -0.293. The molecule has 7 heteroatoms. The summed E-state index contributed by atoms with van der Waals surface area (Å²) in [7, 11) is 0. The maximum Gasteiger partial charge on any atom is 0.210 e. The van der Waals surface area contributed by atoms with Gasteiger partial charge in [0, 0.05) is 5.69 Å². The second-order valence-electron chi connectivity index (χ2n) is 2.61. The predicted molar refractivity (Wildman–Crippen MR) is 65.0 cm³/mol. The van der Waals surface area contributed by atoms with Crippen LogP contribution in [-0.2, 0) is 0 Å². The van der Waals surface area contributed by atoms with Crippen molar-refractivity contribution in [3.05, 3.63) is 32.4 Å². The summed E-state index contributed by atoms with van der Waals surface area (Å²) in [4.78, 5) is 0. The van der Waals surface area contributed by atoms with Crippen LogP contribution in [0.3, 0.4) is 0 Å². The predicted octanol–water partition coefficient (Wildman–Crippen LogP) is 3.95. The summed E-state index contributed by atoms with van der Waals surface area (Å²) in [5.74, 6) is -0.293. The van der Waals surface area contributed by atoms with E-state index >= 15 is 0 Å². The molecule has 0 bridgehead atoms. The van der Waals surface area contributed by atoms with Crippen molar-refractivity contribution in [3.8, 4) is 0 Å². The molecule has 1 aromatic heterocycles. The molecule has 1 N–H and O–H groups in total. The number of aromatic nitrogens is 2. The Hall–Kier alpha value is -0.530. The van der Waals surface area contributed by atoms with E-state index in [0.29, 0.717) is 13.5 Å². The average Bonchev–Trinajstić information content (AvgIpc) is 2.58. The first-order valence-corrected chi connectivity index (χ1v) is 6.26. The lowest BCUT2D eigenvalue weighted by molar-refractivity contribution is 0.621. The van der Waals surface area contributed by atoms with Crippen LogP contribution in [-0.4, -0.2) is 10.2 Å². The van der Waals surface area contributed by atoms with Gasteiger partial charge < -0.3 is 5.32 Å². The maximum absolute atomic E-state index is 12.9. The van der Waals surface area contributed by atoms with Crippen LogP contribution < -0.4 is 5.32 Å². The van der Waals surface area contributed by atoms with Crippen LogP contribution in [0.1, 0.15) is 0 Å². The van der Waals surface area contributed by atoms with Crippen LogP contribution in [0.5, 0.6) is 0 Å². The van der Waals surface area contributed by atoms with Gasteiger partial charge in [-0.25, -0.2) is 4.39 Å². The minimum Gasteiger partial charge on any atom is -0.330 e. The van der Waals surface area contributed by atoms with E-state index < -0.39 is 0 Å². The Bertz CT molecular complexity index is 488. The zero-order valence-electron chi connectivity index (χ0n) is 7.17. The fraction of sp³-hybridized carbons (Fsp3) is 0. The summed E-state index contributed by atoms with van der Waals surface area (Å²) in [6.45, 7) is 0. The molecule has 1 aromatic carbocycles. The lowest BCUT2D eigenvalue weighted by atomic mass is 10.3. The highest BCUT2D eigenvalue weighted by atomic mass is 79.9. The SMILES string of the molecule is Fc1ccc(Nc2nnc(Br)s2)cc1Br. The Morgan fingerprint density at radius 3 is 2.67 bits per heavy atom.